The van der Waals surface area contributed by atoms with Crippen molar-refractivity contribution in [3.63, 3.8) is 0 Å². The lowest BCUT2D eigenvalue weighted by molar-refractivity contribution is -0.137. The third-order valence-corrected chi connectivity index (χ3v) is 3.03. The van der Waals surface area contributed by atoms with E-state index >= 15 is 0 Å². The Balaban J connectivity index is 2.52. The van der Waals surface area contributed by atoms with Gasteiger partial charge in [-0.15, -0.1) is 0 Å². The summed E-state index contributed by atoms with van der Waals surface area (Å²) in [7, 11) is 0. The Kier molecular flexibility index (Phi) is 3.61. The van der Waals surface area contributed by atoms with Gasteiger partial charge < -0.3 is 0 Å². The van der Waals surface area contributed by atoms with Crippen LogP contribution in [0.4, 0.5) is 17.6 Å². The molecule has 0 fully saturated rings. The van der Waals surface area contributed by atoms with Crippen molar-refractivity contribution in [2.45, 2.75) is 6.18 Å². The number of halogens is 5. The number of hydrogen-bond acceptors (Lipinski definition) is 0. The van der Waals surface area contributed by atoms with E-state index in [1.54, 1.807) is 6.07 Å². The van der Waals surface area contributed by atoms with Crippen molar-refractivity contribution in [2.75, 3.05) is 0 Å². The molecule has 0 spiro atoms. The summed E-state index contributed by atoms with van der Waals surface area (Å²) in [5.74, 6) is -0.416. The van der Waals surface area contributed by atoms with E-state index < -0.39 is 17.6 Å². The minimum absolute atomic E-state index is 0.416. The van der Waals surface area contributed by atoms with Crippen molar-refractivity contribution in [1.82, 2.24) is 0 Å². The van der Waals surface area contributed by atoms with Gasteiger partial charge >= 0.3 is 6.18 Å². The summed E-state index contributed by atoms with van der Waals surface area (Å²) >= 11 is 1.83. The standard InChI is InChI=1S/C13H7F4I/c14-11-3-1-8(2-4-11)9-5-10(13(15,16)17)7-12(18)6-9/h1-7H. The van der Waals surface area contributed by atoms with Gasteiger partial charge in [-0.2, -0.15) is 13.2 Å². The summed E-state index contributed by atoms with van der Waals surface area (Å²) in [4.78, 5) is 0. The molecule has 0 aliphatic rings. The maximum Gasteiger partial charge on any atom is 0.416 e. The summed E-state index contributed by atoms with van der Waals surface area (Å²) in [6, 6.07) is 9.14. The largest absolute Gasteiger partial charge is 0.416 e. The van der Waals surface area contributed by atoms with E-state index in [9.17, 15) is 17.6 Å². The Hall–Kier alpha value is -1.11. The van der Waals surface area contributed by atoms with Crippen molar-refractivity contribution in [1.29, 1.82) is 0 Å². The minimum atomic E-state index is -4.38. The average molecular weight is 366 g/mol. The fourth-order valence-electron chi connectivity index (χ4n) is 1.56. The highest BCUT2D eigenvalue weighted by atomic mass is 127. The molecule has 2 aromatic rings. The van der Waals surface area contributed by atoms with Crippen LogP contribution in [0, 0.1) is 9.39 Å². The zero-order chi connectivity index (χ0) is 13.3. The van der Waals surface area contributed by atoms with E-state index in [0.29, 0.717) is 14.7 Å². The van der Waals surface area contributed by atoms with Crippen molar-refractivity contribution in [3.8, 4) is 11.1 Å². The summed E-state index contributed by atoms with van der Waals surface area (Å²) in [5.41, 5.74) is 0.281. The third-order valence-electron chi connectivity index (χ3n) is 2.40. The van der Waals surface area contributed by atoms with E-state index in [1.165, 1.54) is 24.3 Å². The van der Waals surface area contributed by atoms with Crippen molar-refractivity contribution >= 4 is 22.6 Å². The molecule has 0 N–H and O–H groups in total. The summed E-state index contributed by atoms with van der Waals surface area (Å²) < 4.78 is 51.2. The van der Waals surface area contributed by atoms with Gasteiger partial charge in [0.15, 0.2) is 0 Å². The zero-order valence-corrected chi connectivity index (χ0v) is 11.1. The molecule has 0 radical (unpaired) electrons. The Morgan fingerprint density at radius 1 is 0.833 bits per heavy atom. The first-order valence-corrected chi connectivity index (χ1v) is 6.08. The van der Waals surface area contributed by atoms with Crippen LogP contribution in [-0.4, -0.2) is 0 Å². The Morgan fingerprint density at radius 3 is 2.00 bits per heavy atom. The topological polar surface area (TPSA) is 0 Å². The molecule has 0 saturated carbocycles. The van der Waals surface area contributed by atoms with Crippen LogP contribution in [0.1, 0.15) is 5.56 Å². The SMILES string of the molecule is Fc1ccc(-c2cc(I)cc(C(F)(F)F)c2)cc1. The molecule has 0 atom stereocenters. The molecular formula is C13H7F4I. The lowest BCUT2D eigenvalue weighted by Gasteiger charge is -2.10. The molecule has 0 aliphatic carbocycles. The van der Waals surface area contributed by atoms with Gasteiger partial charge in [-0.3, -0.25) is 0 Å². The van der Waals surface area contributed by atoms with Gasteiger partial charge in [0.05, 0.1) is 5.56 Å². The summed E-state index contributed by atoms with van der Waals surface area (Å²) in [6.07, 6.45) is -4.38. The molecule has 0 bridgehead atoms. The van der Waals surface area contributed by atoms with E-state index in [0.717, 1.165) is 12.1 Å². The first-order chi connectivity index (χ1) is 8.36. The fourth-order valence-corrected chi connectivity index (χ4v) is 2.23. The second-order valence-corrected chi connectivity index (χ2v) is 4.98. The molecule has 0 saturated heterocycles. The van der Waals surface area contributed by atoms with Crippen LogP contribution < -0.4 is 0 Å². The predicted octanol–water partition coefficient (Wildman–Crippen LogP) is 5.12. The van der Waals surface area contributed by atoms with Crippen molar-refractivity contribution in [2.24, 2.45) is 0 Å². The van der Waals surface area contributed by atoms with Gasteiger partial charge in [-0.25, -0.2) is 4.39 Å². The van der Waals surface area contributed by atoms with Gasteiger partial charge in [0.1, 0.15) is 5.82 Å². The number of hydrogen-bond donors (Lipinski definition) is 0. The molecule has 0 unspecified atom stereocenters. The van der Waals surface area contributed by atoms with E-state index in [-0.39, 0.29) is 0 Å². The fraction of sp³-hybridized carbons (Fsp3) is 0.0769. The average Bonchev–Trinajstić information content (AvgIpc) is 2.28. The number of benzene rings is 2. The molecule has 0 aliphatic heterocycles. The third kappa shape index (κ3) is 3.01. The Labute approximate surface area is 115 Å². The van der Waals surface area contributed by atoms with Crippen molar-refractivity contribution < 1.29 is 17.6 Å². The molecule has 5 heteroatoms. The van der Waals surface area contributed by atoms with Gasteiger partial charge in [0.2, 0.25) is 0 Å². The maximum absolute atomic E-state index is 12.8. The molecule has 94 valence electrons. The highest BCUT2D eigenvalue weighted by molar-refractivity contribution is 14.1. The van der Waals surface area contributed by atoms with Gasteiger partial charge in [-0.05, 0) is 64.0 Å². The lowest BCUT2D eigenvalue weighted by Crippen LogP contribution is -2.05. The normalized spacial score (nSPS) is 11.6. The number of alkyl halides is 3. The second kappa shape index (κ2) is 4.87. The van der Waals surface area contributed by atoms with E-state index in [4.69, 9.17) is 0 Å². The lowest BCUT2D eigenvalue weighted by atomic mass is 10.0. The summed E-state index contributed by atoms with van der Waals surface area (Å²) in [5, 5.41) is 0. The first-order valence-electron chi connectivity index (χ1n) is 5.00. The minimum Gasteiger partial charge on any atom is -0.207 e. The quantitative estimate of drug-likeness (QED) is 0.486. The second-order valence-electron chi connectivity index (χ2n) is 3.73. The van der Waals surface area contributed by atoms with Crippen LogP contribution in [0.15, 0.2) is 42.5 Å². The predicted molar refractivity (Wildman–Crippen MR) is 69.6 cm³/mol. The van der Waals surface area contributed by atoms with Crippen LogP contribution in [0.3, 0.4) is 0 Å². The van der Waals surface area contributed by atoms with Gasteiger partial charge in [0, 0.05) is 3.57 Å². The molecule has 0 aromatic heterocycles. The highest BCUT2D eigenvalue weighted by Gasteiger charge is 2.31. The maximum atomic E-state index is 12.8. The van der Waals surface area contributed by atoms with Crippen LogP contribution in [0.5, 0.6) is 0 Å². The molecule has 0 heterocycles. The van der Waals surface area contributed by atoms with Crippen LogP contribution >= 0.6 is 22.6 Å². The van der Waals surface area contributed by atoms with Crippen LogP contribution in [-0.2, 0) is 6.18 Å². The van der Waals surface area contributed by atoms with Crippen LogP contribution in [0.25, 0.3) is 11.1 Å². The molecule has 0 amide bonds. The number of rotatable bonds is 1. The monoisotopic (exact) mass is 366 g/mol. The van der Waals surface area contributed by atoms with Crippen LogP contribution in [0.2, 0.25) is 0 Å². The molecular weight excluding hydrogens is 359 g/mol. The zero-order valence-electron chi connectivity index (χ0n) is 8.93. The molecule has 2 rings (SSSR count). The Morgan fingerprint density at radius 2 is 1.44 bits per heavy atom. The highest BCUT2D eigenvalue weighted by Crippen LogP contribution is 2.33. The molecule has 0 nitrogen and oxygen atoms in total. The van der Waals surface area contributed by atoms with E-state index in [2.05, 4.69) is 0 Å². The molecule has 18 heavy (non-hydrogen) atoms. The van der Waals surface area contributed by atoms with E-state index in [1.807, 2.05) is 22.6 Å². The first kappa shape index (κ1) is 13.3. The summed E-state index contributed by atoms with van der Waals surface area (Å²) in [6.45, 7) is 0. The van der Waals surface area contributed by atoms with Gasteiger partial charge in [-0.1, -0.05) is 12.1 Å². The molecule has 2 aromatic carbocycles. The van der Waals surface area contributed by atoms with Crippen molar-refractivity contribution in [3.05, 3.63) is 57.4 Å². The smallest absolute Gasteiger partial charge is 0.207 e. The Bertz CT molecular complexity index is 558. The van der Waals surface area contributed by atoms with Gasteiger partial charge in [0.25, 0.3) is 0 Å².